The molecule has 5 heteroatoms. The Balaban J connectivity index is 1.35. The van der Waals surface area contributed by atoms with E-state index >= 15 is 0 Å². The Morgan fingerprint density at radius 1 is 1.11 bits per heavy atom. The number of ether oxygens (including phenoxy) is 1. The Morgan fingerprint density at radius 2 is 1.93 bits per heavy atom. The number of aryl methyl sites for hydroxylation is 1. The molecule has 1 aliphatic rings. The van der Waals surface area contributed by atoms with Gasteiger partial charge in [-0.3, -0.25) is 9.48 Å². The van der Waals surface area contributed by atoms with Crippen LogP contribution in [0.25, 0.3) is 0 Å². The Kier molecular flexibility index (Phi) is 5.42. The lowest BCUT2D eigenvalue weighted by molar-refractivity contribution is 0.0595. The number of rotatable bonds is 5. The van der Waals surface area contributed by atoms with Gasteiger partial charge in [-0.05, 0) is 48.4 Å². The van der Waals surface area contributed by atoms with Crippen LogP contribution in [0.15, 0.2) is 67.0 Å². The van der Waals surface area contributed by atoms with Gasteiger partial charge in [0.25, 0.3) is 5.91 Å². The zero-order valence-corrected chi connectivity index (χ0v) is 16.1. The minimum atomic E-state index is 0.0938. The van der Waals surface area contributed by atoms with E-state index in [4.69, 9.17) is 4.74 Å². The molecule has 0 bridgehead atoms. The Morgan fingerprint density at radius 3 is 2.68 bits per heavy atom. The van der Waals surface area contributed by atoms with Crippen molar-refractivity contribution >= 4 is 5.91 Å². The maximum atomic E-state index is 12.9. The first-order valence-corrected chi connectivity index (χ1v) is 9.76. The highest BCUT2D eigenvalue weighted by molar-refractivity contribution is 5.94. The normalized spacial score (nSPS) is 14.8. The van der Waals surface area contributed by atoms with E-state index in [1.807, 2.05) is 58.2 Å². The van der Waals surface area contributed by atoms with Crippen molar-refractivity contribution in [2.24, 2.45) is 0 Å². The quantitative estimate of drug-likeness (QED) is 0.679. The molecule has 5 nitrogen and oxygen atoms in total. The maximum Gasteiger partial charge on any atom is 0.253 e. The third kappa shape index (κ3) is 4.42. The van der Waals surface area contributed by atoms with Gasteiger partial charge in [-0.15, -0.1) is 0 Å². The first-order chi connectivity index (χ1) is 13.7. The van der Waals surface area contributed by atoms with Crippen molar-refractivity contribution in [3.63, 3.8) is 0 Å². The monoisotopic (exact) mass is 375 g/mol. The molecule has 0 unspecified atom stereocenters. The second kappa shape index (κ2) is 8.30. The average Bonchev–Trinajstić information content (AvgIpc) is 3.21. The molecule has 3 aromatic rings. The molecule has 0 spiro atoms. The van der Waals surface area contributed by atoms with Gasteiger partial charge in [-0.1, -0.05) is 24.3 Å². The molecule has 2 aromatic carbocycles. The zero-order chi connectivity index (χ0) is 19.3. The summed E-state index contributed by atoms with van der Waals surface area (Å²) in [5.41, 5.74) is 3.01. The van der Waals surface area contributed by atoms with Crippen LogP contribution in [0.1, 0.15) is 34.3 Å². The summed E-state index contributed by atoms with van der Waals surface area (Å²) in [5, 5.41) is 4.23. The average molecular weight is 375 g/mol. The van der Waals surface area contributed by atoms with Gasteiger partial charge in [0.1, 0.15) is 11.9 Å². The summed E-state index contributed by atoms with van der Waals surface area (Å²) in [5.74, 6) is 1.01. The highest BCUT2D eigenvalue weighted by atomic mass is 16.5. The van der Waals surface area contributed by atoms with Gasteiger partial charge >= 0.3 is 0 Å². The van der Waals surface area contributed by atoms with Gasteiger partial charge in [-0.2, -0.15) is 5.10 Å². The number of hydrogen-bond donors (Lipinski definition) is 0. The molecule has 0 aliphatic carbocycles. The van der Waals surface area contributed by atoms with Crippen LogP contribution < -0.4 is 4.74 Å². The molecule has 0 radical (unpaired) electrons. The number of carbonyl (C=O) groups is 1. The molecular formula is C23H25N3O2. The van der Waals surface area contributed by atoms with E-state index in [9.17, 15) is 4.79 Å². The van der Waals surface area contributed by atoms with Crippen LogP contribution >= 0.6 is 0 Å². The smallest absolute Gasteiger partial charge is 0.253 e. The Hall–Kier alpha value is -3.08. The summed E-state index contributed by atoms with van der Waals surface area (Å²) in [4.78, 5) is 14.9. The van der Waals surface area contributed by atoms with Gasteiger partial charge < -0.3 is 9.64 Å². The Bertz CT molecular complexity index is 929. The van der Waals surface area contributed by atoms with Crippen LogP contribution in [0.4, 0.5) is 0 Å². The van der Waals surface area contributed by atoms with Crippen molar-refractivity contribution < 1.29 is 9.53 Å². The second-order valence-electron chi connectivity index (χ2n) is 7.33. The number of likely N-dealkylation sites (tertiary alicyclic amines) is 1. The fourth-order valence-corrected chi connectivity index (χ4v) is 3.62. The van der Waals surface area contributed by atoms with Crippen molar-refractivity contribution in [2.45, 2.75) is 32.4 Å². The van der Waals surface area contributed by atoms with Gasteiger partial charge in [0, 0.05) is 43.9 Å². The highest BCUT2D eigenvalue weighted by Gasteiger charge is 2.24. The largest absolute Gasteiger partial charge is 0.490 e. The summed E-state index contributed by atoms with van der Waals surface area (Å²) >= 11 is 0. The molecule has 1 saturated heterocycles. The standard InChI is InChI=1S/C23H25N3O2/c1-18-5-2-8-22(15-18)28-21-9-13-25(14-10-21)23(27)20-7-3-6-19(16-20)17-26-12-4-11-24-26/h2-8,11-12,15-16,21H,9-10,13-14,17H2,1H3. The predicted molar refractivity (Wildman–Crippen MR) is 109 cm³/mol. The third-order valence-electron chi connectivity index (χ3n) is 5.10. The minimum absolute atomic E-state index is 0.0938. The number of benzene rings is 2. The molecule has 0 N–H and O–H groups in total. The summed E-state index contributed by atoms with van der Waals surface area (Å²) in [6.07, 6.45) is 5.56. The first-order valence-electron chi connectivity index (χ1n) is 9.76. The van der Waals surface area contributed by atoms with Gasteiger partial charge in [-0.25, -0.2) is 0 Å². The maximum absolute atomic E-state index is 12.9. The van der Waals surface area contributed by atoms with E-state index in [-0.39, 0.29) is 12.0 Å². The Labute approximate surface area is 165 Å². The van der Waals surface area contributed by atoms with E-state index in [1.165, 1.54) is 5.56 Å². The number of piperidine rings is 1. The highest BCUT2D eigenvalue weighted by Crippen LogP contribution is 2.21. The molecular weight excluding hydrogens is 350 g/mol. The lowest BCUT2D eigenvalue weighted by Crippen LogP contribution is -2.41. The fourth-order valence-electron chi connectivity index (χ4n) is 3.62. The molecule has 1 aliphatic heterocycles. The molecule has 4 rings (SSSR count). The number of nitrogens with zero attached hydrogens (tertiary/aromatic N) is 3. The number of carbonyl (C=O) groups excluding carboxylic acids is 1. The molecule has 0 atom stereocenters. The summed E-state index contributed by atoms with van der Waals surface area (Å²) < 4.78 is 7.96. The van der Waals surface area contributed by atoms with Crippen molar-refractivity contribution in [1.82, 2.24) is 14.7 Å². The van der Waals surface area contributed by atoms with Gasteiger partial charge in [0.05, 0.1) is 6.54 Å². The van der Waals surface area contributed by atoms with E-state index in [2.05, 4.69) is 24.2 Å². The molecule has 2 heterocycles. The summed E-state index contributed by atoms with van der Waals surface area (Å²) in [7, 11) is 0. The minimum Gasteiger partial charge on any atom is -0.490 e. The van der Waals surface area contributed by atoms with Gasteiger partial charge in [0.15, 0.2) is 0 Å². The summed E-state index contributed by atoms with van der Waals surface area (Å²) in [6, 6.07) is 17.9. The lowest BCUT2D eigenvalue weighted by atomic mass is 10.0. The molecule has 144 valence electrons. The van der Waals surface area contributed by atoms with Crippen LogP contribution in [0.5, 0.6) is 5.75 Å². The van der Waals surface area contributed by atoms with Gasteiger partial charge in [0.2, 0.25) is 0 Å². The SMILES string of the molecule is Cc1cccc(OC2CCN(C(=O)c3cccc(Cn4cccn4)c3)CC2)c1. The van der Waals surface area contributed by atoms with Crippen molar-refractivity contribution in [3.05, 3.63) is 83.7 Å². The first kappa shape index (κ1) is 18.3. The predicted octanol–water partition coefficient (Wildman–Crippen LogP) is 3.92. The van der Waals surface area contributed by atoms with E-state index < -0.39 is 0 Å². The molecule has 0 saturated carbocycles. The third-order valence-corrected chi connectivity index (χ3v) is 5.10. The lowest BCUT2D eigenvalue weighted by Gasteiger charge is -2.32. The van der Waals surface area contributed by atoms with Crippen LogP contribution in [0, 0.1) is 6.92 Å². The van der Waals surface area contributed by atoms with Crippen molar-refractivity contribution in [3.8, 4) is 5.75 Å². The van der Waals surface area contributed by atoms with Crippen molar-refractivity contribution in [2.75, 3.05) is 13.1 Å². The van der Waals surface area contributed by atoms with Crippen LogP contribution in [-0.2, 0) is 6.54 Å². The fraction of sp³-hybridized carbons (Fsp3) is 0.304. The van der Waals surface area contributed by atoms with E-state index in [0.29, 0.717) is 6.54 Å². The van der Waals surface area contributed by atoms with E-state index in [0.717, 1.165) is 42.8 Å². The number of hydrogen-bond acceptors (Lipinski definition) is 3. The van der Waals surface area contributed by atoms with Crippen LogP contribution in [0.3, 0.4) is 0 Å². The van der Waals surface area contributed by atoms with Crippen LogP contribution in [0.2, 0.25) is 0 Å². The molecule has 1 amide bonds. The van der Waals surface area contributed by atoms with Crippen LogP contribution in [-0.4, -0.2) is 39.8 Å². The zero-order valence-electron chi connectivity index (χ0n) is 16.1. The molecule has 1 fully saturated rings. The molecule has 1 aromatic heterocycles. The topological polar surface area (TPSA) is 47.4 Å². The van der Waals surface area contributed by atoms with E-state index in [1.54, 1.807) is 6.20 Å². The number of amides is 1. The molecule has 28 heavy (non-hydrogen) atoms. The summed E-state index contributed by atoms with van der Waals surface area (Å²) in [6.45, 7) is 4.17. The van der Waals surface area contributed by atoms with Crippen molar-refractivity contribution in [1.29, 1.82) is 0 Å². The number of aromatic nitrogens is 2. The second-order valence-corrected chi connectivity index (χ2v) is 7.33.